The molecule has 2 aromatic rings. The number of fused-ring (bicyclic) bond motifs is 1. The van der Waals surface area contributed by atoms with Crippen molar-refractivity contribution < 1.29 is 33.5 Å². The Morgan fingerprint density at radius 1 is 1.15 bits per heavy atom. The Morgan fingerprint density at radius 2 is 1.89 bits per heavy atom. The molecule has 1 aromatic heterocycles. The van der Waals surface area contributed by atoms with Crippen molar-refractivity contribution in [3.8, 4) is 5.75 Å². The van der Waals surface area contributed by atoms with E-state index >= 15 is 0 Å². The average molecular weight is 659 g/mol. The van der Waals surface area contributed by atoms with Gasteiger partial charge in [0.15, 0.2) is 5.76 Å². The first-order valence-corrected chi connectivity index (χ1v) is 16.5. The Morgan fingerprint density at radius 3 is 2.55 bits per heavy atom. The minimum Gasteiger partial charge on any atom is -0.490 e. The molecule has 0 bridgehead atoms. The van der Waals surface area contributed by atoms with E-state index in [-0.39, 0.29) is 48.7 Å². The SMILES string of the molecule is Cc1noc(C)c1NC(=O)Nc1ccc2c(c1)C(=O)N([C@H](C)CO)C[C@H](C)[C@@H](CN(C)C(=O)CCCN(C)C)OCCCC[C@@H](C)O2. The van der Waals surface area contributed by atoms with Crippen LogP contribution < -0.4 is 15.4 Å². The second kappa shape index (κ2) is 18.0. The van der Waals surface area contributed by atoms with Gasteiger partial charge in [0.2, 0.25) is 5.91 Å². The second-order valence-electron chi connectivity index (χ2n) is 13.0. The molecular weight excluding hydrogens is 604 g/mol. The third-order valence-corrected chi connectivity index (χ3v) is 8.46. The number of aromatic nitrogens is 1. The number of amides is 4. The number of benzene rings is 1. The normalized spacial score (nSPS) is 20.2. The molecule has 1 aromatic carbocycles. The van der Waals surface area contributed by atoms with Gasteiger partial charge in [-0.05, 0) is 92.2 Å². The molecule has 0 spiro atoms. The van der Waals surface area contributed by atoms with Crippen molar-refractivity contribution in [1.29, 1.82) is 0 Å². The zero-order chi connectivity index (χ0) is 34.7. The number of anilines is 2. The van der Waals surface area contributed by atoms with E-state index in [2.05, 4.69) is 20.7 Å². The zero-order valence-electron chi connectivity index (χ0n) is 29.3. The topological polar surface area (TPSA) is 150 Å². The Balaban J connectivity index is 1.88. The van der Waals surface area contributed by atoms with Gasteiger partial charge >= 0.3 is 6.03 Å². The summed E-state index contributed by atoms with van der Waals surface area (Å²) in [5.41, 5.74) is 1.68. The van der Waals surface area contributed by atoms with Crippen LogP contribution >= 0.6 is 0 Å². The summed E-state index contributed by atoms with van der Waals surface area (Å²) in [6.45, 7) is 10.9. The summed E-state index contributed by atoms with van der Waals surface area (Å²) in [6, 6.07) is 3.94. The predicted molar refractivity (Wildman–Crippen MR) is 181 cm³/mol. The van der Waals surface area contributed by atoms with Gasteiger partial charge in [-0.15, -0.1) is 0 Å². The van der Waals surface area contributed by atoms with Gasteiger partial charge in [0.1, 0.15) is 17.1 Å². The Kier molecular flexibility index (Phi) is 14.5. The minimum atomic E-state index is -0.520. The maximum absolute atomic E-state index is 14.3. The second-order valence-corrected chi connectivity index (χ2v) is 13.0. The van der Waals surface area contributed by atoms with Crippen LogP contribution in [0.2, 0.25) is 0 Å². The smallest absolute Gasteiger partial charge is 0.323 e. The number of nitrogens with zero attached hydrogens (tertiary/aromatic N) is 4. The first-order valence-electron chi connectivity index (χ1n) is 16.5. The number of carbonyl (C=O) groups excluding carboxylic acids is 3. The van der Waals surface area contributed by atoms with Crippen LogP contribution in [0.1, 0.15) is 74.7 Å². The average Bonchev–Trinajstić information content (AvgIpc) is 3.34. The summed E-state index contributed by atoms with van der Waals surface area (Å²) < 4.78 is 17.8. The third-order valence-electron chi connectivity index (χ3n) is 8.46. The molecular formula is C34H54N6O7. The van der Waals surface area contributed by atoms with E-state index in [1.165, 1.54) is 0 Å². The number of hydrogen-bond acceptors (Lipinski definition) is 9. The molecule has 13 nitrogen and oxygen atoms in total. The molecule has 3 N–H and O–H groups in total. The Bertz CT molecular complexity index is 1310. The summed E-state index contributed by atoms with van der Waals surface area (Å²) in [6.07, 6.45) is 3.14. The number of urea groups is 1. The molecule has 1 aliphatic heterocycles. The first kappa shape index (κ1) is 37.8. The van der Waals surface area contributed by atoms with Crippen LogP contribution in [0.25, 0.3) is 0 Å². The van der Waals surface area contributed by atoms with Crippen LogP contribution in [-0.4, -0.2) is 115 Å². The molecule has 2 heterocycles. The molecule has 0 saturated heterocycles. The Hall–Kier alpha value is -3.68. The number of hydrogen-bond donors (Lipinski definition) is 3. The number of carbonyl (C=O) groups is 3. The number of aliphatic hydroxyl groups excluding tert-OH is 1. The fraction of sp³-hybridized carbons (Fsp3) is 0.647. The van der Waals surface area contributed by atoms with E-state index in [0.717, 1.165) is 32.2 Å². The van der Waals surface area contributed by atoms with E-state index < -0.39 is 12.1 Å². The zero-order valence-corrected chi connectivity index (χ0v) is 29.3. The van der Waals surface area contributed by atoms with Gasteiger partial charge in [0, 0.05) is 44.8 Å². The van der Waals surface area contributed by atoms with Crippen LogP contribution in [0.15, 0.2) is 22.7 Å². The number of aliphatic hydroxyl groups is 1. The van der Waals surface area contributed by atoms with E-state index in [9.17, 15) is 19.5 Å². The molecule has 0 unspecified atom stereocenters. The monoisotopic (exact) mass is 658 g/mol. The maximum atomic E-state index is 14.3. The Labute approximate surface area is 278 Å². The van der Waals surface area contributed by atoms with E-state index in [1.54, 1.807) is 55.8 Å². The predicted octanol–water partition coefficient (Wildman–Crippen LogP) is 4.53. The van der Waals surface area contributed by atoms with Gasteiger partial charge in [-0.1, -0.05) is 12.1 Å². The van der Waals surface area contributed by atoms with Gasteiger partial charge in [0.05, 0.1) is 30.4 Å². The lowest BCUT2D eigenvalue weighted by atomic mass is 10.0. The van der Waals surface area contributed by atoms with Crippen LogP contribution in [0.4, 0.5) is 16.2 Å². The van der Waals surface area contributed by atoms with Crippen LogP contribution in [0.5, 0.6) is 5.75 Å². The summed E-state index contributed by atoms with van der Waals surface area (Å²) >= 11 is 0. The summed E-state index contributed by atoms with van der Waals surface area (Å²) in [4.78, 5) is 45.6. The minimum absolute atomic E-state index is 0.0528. The molecule has 0 radical (unpaired) electrons. The number of aryl methyl sites for hydroxylation is 2. The van der Waals surface area contributed by atoms with Crippen molar-refractivity contribution in [2.45, 2.75) is 85.0 Å². The highest BCUT2D eigenvalue weighted by molar-refractivity contribution is 6.03. The van der Waals surface area contributed by atoms with Crippen molar-refractivity contribution in [1.82, 2.24) is 19.9 Å². The van der Waals surface area contributed by atoms with Gasteiger partial charge < -0.3 is 44.4 Å². The van der Waals surface area contributed by atoms with Gasteiger partial charge in [-0.3, -0.25) is 9.59 Å². The molecule has 47 heavy (non-hydrogen) atoms. The fourth-order valence-electron chi connectivity index (χ4n) is 5.51. The molecule has 262 valence electrons. The van der Waals surface area contributed by atoms with Crippen LogP contribution in [-0.2, 0) is 9.53 Å². The van der Waals surface area contributed by atoms with Gasteiger partial charge in [0.25, 0.3) is 5.91 Å². The lowest BCUT2D eigenvalue weighted by Gasteiger charge is -2.36. The van der Waals surface area contributed by atoms with Crippen molar-refractivity contribution in [2.75, 3.05) is 64.6 Å². The van der Waals surface area contributed by atoms with Gasteiger partial charge in [-0.25, -0.2) is 4.79 Å². The van der Waals surface area contributed by atoms with Gasteiger partial charge in [-0.2, -0.15) is 0 Å². The van der Waals surface area contributed by atoms with E-state index in [0.29, 0.717) is 48.2 Å². The van der Waals surface area contributed by atoms with Crippen molar-refractivity contribution in [2.24, 2.45) is 5.92 Å². The summed E-state index contributed by atoms with van der Waals surface area (Å²) in [5, 5.41) is 19.6. The van der Waals surface area contributed by atoms with Crippen molar-refractivity contribution in [3.63, 3.8) is 0 Å². The number of ether oxygens (including phenoxy) is 2. The highest BCUT2D eigenvalue weighted by atomic mass is 16.5. The molecule has 0 fully saturated rings. The van der Waals surface area contributed by atoms with E-state index in [1.807, 2.05) is 27.9 Å². The lowest BCUT2D eigenvalue weighted by molar-refractivity contribution is -0.132. The molecule has 4 amide bonds. The first-order chi connectivity index (χ1) is 22.3. The standard InChI is InChI=1S/C34H54N6O7/c1-22-19-40(23(2)21-41)33(43)28-18-27(35-34(44)36-32-25(4)37-47-26(32)5)14-15-29(28)46-24(3)12-9-10-17-45-30(22)20-39(8)31(42)13-11-16-38(6)7/h14-15,18,22-24,30,41H,9-13,16-17,19-21H2,1-8H3,(H2,35,36,44)/t22-,23+,24+,30+/m0/s1. The highest BCUT2D eigenvalue weighted by Crippen LogP contribution is 2.29. The molecule has 3 rings (SSSR count). The highest BCUT2D eigenvalue weighted by Gasteiger charge is 2.31. The van der Waals surface area contributed by atoms with Crippen molar-refractivity contribution in [3.05, 3.63) is 35.2 Å². The fourth-order valence-corrected chi connectivity index (χ4v) is 5.51. The van der Waals surface area contributed by atoms with Crippen LogP contribution in [0, 0.1) is 19.8 Å². The molecule has 13 heteroatoms. The number of rotatable bonds is 10. The quantitative estimate of drug-likeness (QED) is 0.335. The largest absolute Gasteiger partial charge is 0.490 e. The van der Waals surface area contributed by atoms with Crippen molar-refractivity contribution >= 4 is 29.2 Å². The molecule has 4 atom stereocenters. The lowest BCUT2D eigenvalue weighted by Crippen LogP contribution is -2.48. The summed E-state index contributed by atoms with van der Waals surface area (Å²) in [7, 11) is 5.77. The molecule has 1 aliphatic rings. The maximum Gasteiger partial charge on any atom is 0.323 e. The number of nitrogens with one attached hydrogen (secondary N) is 2. The molecule has 0 saturated carbocycles. The number of likely N-dealkylation sites (N-methyl/N-ethyl adjacent to an activating group) is 1. The van der Waals surface area contributed by atoms with Crippen LogP contribution in [0.3, 0.4) is 0 Å². The third kappa shape index (κ3) is 11.2. The summed E-state index contributed by atoms with van der Waals surface area (Å²) in [5.74, 6) is 0.411. The molecule has 0 aliphatic carbocycles. The van der Waals surface area contributed by atoms with E-state index in [4.69, 9.17) is 14.0 Å².